The van der Waals surface area contributed by atoms with Crippen LogP contribution in [0.15, 0.2) is 53.6 Å². The lowest BCUT2D eigenvalue weighted by atomic mass is 9.98. The fraction of sp³-hybridized carbons (Fsp3) is 0.190. The number of para-hydroxylation sites is 1. The fourth-order valence-corrected chi connectivity index (χ4v) is 3.72. The van der Waals surface area contributed by atoms with Gasteiger partial charge in [0.25, 0.3) is 0 Å². The quantitative estimate of drug-likeness (QED) is 0.584. The van der Waals surface area contributed by atoms with E-state index in [0.29, 0.717) is 22.8 Å². The minimum Gasteiger partial charge on any atom is -0.273 e. The van der Waals surface area contributed by atoms with Crippen molar-refractivity contribution in [3.8, 4) is 0 Å². The van der Waals surface area contributed by atoms with E-state index < -0.39 is 0 Å². The van der Waals surface area contributed by atoms with Crippen molar-refractivity contribution in [2.24, 2.45) is 5.10 Å². The zero-order valence-electron chi connectivity index (χ0n) is 14.9. The highest BCUT2D eigenvalue weighted by Gasteiger charge is 2.33. The number of amides is 1. The first-order chi connectivity index (χ1) is 12.9. The van der Waals surface area contributed by atoms with Crippen LogP contribution < -0.4 is 0 Å². The average molecular weight is 382 g/mol. The Labute approximate surface area is 161 Å². The van der Waals surface area contributed by atoms with Gasteiger partial charge in [-0.05, 0) is 30.7 Å². The number of pyridine rings is 1. The van der Waals surface area contributed by atoms with E-state index in [-0.39, 0.29) is 17.8 Å². The largest absolute Gasteiger partial charge is 0.273 e. The topological polar surface area (TPSA) is 45.6 Å². The molecule has 0 spiro atoms. The molecule has 1 atom stereocenters. The van der Waals surface area contributed by atoms with Crippen LogP contribution >= 0.6 is 11.6 Å². The molecule has 1 aromatic heterocycles. The number of hydrogen-bond acceptors (Lipinski definition) is 3. The van der Waals surface area contributed by atoms with Crippen molar-refractivity contribution in [3.05, 3.63) is 76.2 Å². The van der Waals surface area contributed by atoms with Crippen LogP contribution in [0.5, 0.6) is 0 Å². The highest BCUT2D eigenvalue weighted by Crippen LogP contribution is 2.37. The van der Waals surface area contributed by atoms with Gasteiger partial charge >= 0.3 is 0 Å². The lowest BCUT2D eigenvalue weighted by molar-refractivity contribution is -0.130. The molecule has 27 heavy (non-hydrogen) atoms. The molecule has 0 N–H and O–H groups in total. The van der Waals surface area contributed by atoms with Crippen LogP contribution in [-0.4, -0.2) is 21.6 Å². The molecule has 1 aliphatic heterocycles. The number of carbonyl (C=O) groups excluding carboxylic acids is 1. The molecule has 1 aliphatic rings. The Morgan fingerprint density at radius 1 is 1.22 bits per heavy atom. The molecule has 0 saturated heterocycles. The van der Waals surface area contributed by atoms with Crippen LogP contribution in [0, 0.1) is 12.7 Å². The van der Waals surface area contributed by atoms with Crippen molar-refractivity contribution >= 4 is 34.1 Å². The third-order valence-corrected chi connectivity index (χ3v) is 5.08. The number of fused-ring (bicyclic) bond motifs is 1. The van der Waals surface area contributed by atoms with E-state index in [0.717, 1.165) is 22.0 Å². The first-order valence-corrected chi connectivity index (χ1v) is 9.01. The van der Waals surface area contributed by atoms with Gasteiger partial charge in [-0.25, -0.2) is 14.4 Å². The number of benzene rings is 2. The van der Waals surface area contributed by atoms with Gasteiger partial charge in [0.2, 0.25) is 5.91 Å². The number of rotatable bonds is 2. The highest BCUT2D eigenvalue weighted by molar-refractivity contribution is 6.30. The molecule has 3 aromatic rings. The van der Waals surface area contributed by atoms with Crippen molar-refractivity contribution in [3.63, 3.8) is 0 Å². The van der Waals surface area contributed by atoms with Crippen molar-refractivity contribution < 1.29 is 9.18 Å². The molecular weight excluding hydrogens is 365 g/mol. The van der Waals surface area contributed by atoms with Crippen molar-refractivity contribution in [1.29, 1.82) is 0 Å². The number of hydrazone groups is 1. The summed E-state index contributed by atoms with van der Waals surface area (Å²) in [5.41, 5.74) is 3.91. The Morgan fingerprint density at radius 2 is 2.00 bits per heavy atom. The predicted octanol–water partition coefficient (Wildman–Crippen LogP) is 5.03. The summed E-state index contributed by atoms with van der Waals surface area (Å²) in [5, 5.41) is 7.16. The van der Waals surface area contributed by atoms with Crippen LogP contribution in [0.1, 0.15) is 36.1 Å². The Balaban J connectivity index is 1.78. The lowest BCUT2D eigenvalue weighted by Gasteiger charge is -2.21. The Morgan fingerprint density at radius 3 is 2.74 bits per heavy atom. The van der Waals surface area contributed by atoms with Crippen LogP contribution in [0.25, 0.3) is 10.9 Å². The van der Waals surface area contributed by atoms with Crippen LogP contribution in [-0.2, 0) is 4.79 Å². The second-order valence-corrected chi connectivity index (χ2v) is 7.01. The number of aryl methyl sites for hydroxylation is 1. The first kappa shape index (κ1) is 17.6. The summed E-state index contributed by atoms with van der Waals surface area (Å²) in [7, 11) is 0. The molecule has 6 heteroatoms. The molecule has 4 rings (SSSR count). The zero-order chi connectivity index (χ0) is 19.1. The third kappa shape index (κ3) is 3.19. The van der Waals surface area contributed by atoms with Gasteiger partial charge in [0, 0.05) is 29.9 Å². The SMILES string of the molecule is CC(=O)N1N=C(c2cccc(F)c2)C[C@H]1c1cc2cccc(C)c2nc1Cl. The molecule has 0 unspecified atom stereocenters. The predicted molar refractivity (Wildman–Crippen MR) is 104 cm³/mol. The summed E-state index contributed by atoms with van der Waals surface area (Å²) >= 11 is 6.48. The number of halogens is 2. The summed E-state index contributed by atoms with van der Waals surface area (Å²) in [5.74, 6) is -0.541. The smallest absolute Gasteiger partial charge is 0.240 e. The van der Waals surface area contributed by atoms with Crippen LogP contribution in [0.3, 0.4) is 0 Å². The summed E-state index contributed by atoms with van der Waals surface area (Å²) in [6, 6.07) is 13.7. The van der Waals surface area contributed by atoms with E-state index in [9.17, 15) is 9.18 Å². The molecule has 0 bridgehead atoms. The van der Waals surface area contributed by atoms with Gasteiger partial charge in [0.05, 0.1) is 17.3 Å². The standard InChI is InChI=1S/C21H17ClFN3O/c1-12-5-3-7-15-10-17(21(22)24-20(12)15)19-11-18(25-26(19)13(2)27)14-6-4-8-16(23)9-14/h3-10,19H,11H2,1-2H3/t19-/m0/s1. The molecule has 0 saturated carbocycles. The molecule has 2 heterocycles. The summed E-state index contributed by atoms with van der Waals surface area (Å²) in [6.07, 6.45) is 0.446. The summed E-state index contributed by atoms with van der Waals surface area (Å²) in [4.78, 5) is 16.7. The minimum atomic E-state index is -0.370. The number of aromatic nitrogens is 1. The van der Waals surface area contributed by atoms with Gasteiger partial charge < -0.3 is 0 Å². The third-order valence-electron chi connectivity index (χ3n) is 4.78. The van der Waals surface area contributed by atoms with E-state index in [1.54, 1.807) is 12.1 Å². The molecule has 136 valence electrons. The maximum Gasteiger partial charge on any atom is 0.240 e. The van der Waals surface area contributed by atoms with Gasteiger partial charge in [0.15, 0.2) is 0 Å². The van der Waals surface area contributed by atoms with Gasteiger partial charge in [-0.3, -0.25) is 4.79 Å². The zero-order valence-corrected chi connectivity index (χ0v) is 15.7. The van der Waals surface area contributed by atoms with Gasteiger partial charge in [-0.15, -0.1) is 0 Å². The molecule has 0 fully saturated rings. The summed E-state index contributed by atoms with van der Waals surface area (Å²) < 4.78 is 13.6. The second kappa shape index (κ2) is 6.74. The van der Waals surface area contributed by atoms with Gasteiger partial charge in [-0.1, -0.05) is 41.9 Å². The highest BCUT2D eigenvalue weighted by atomic mass is 35.5. The number of nitrogens with zero attached hydrogens (tertiary/aromatic N) is 3. The molecule has 0 radical (unpaired) electrons. The van der Waals surface area contributed by atoms with Gasteiger partial charge in [-0.2, -0.15) is 5.10 Å². The Hall–Kier alpha value is -2.79. The molecule has 0 aliphatic carbocycles. The van der Waals surface area contributed by atoms with E-state index in [1.165, 1.54) is 24.1 Å². The Kier molecular flexibility index (Phi) is 4.40. The van der Waals surface area contributed by atoms with Crippen LogP contribution in [0.2, 0.25) is 5.15 Å². The van der Waals surface area contributed by atoms with E-state index >= 15 is 0 Å². The number of carbonyl (C=O) groups is 1. The minimum absolute atomic E-state index is 0.202. The van der Waals surface area contributed by atoms with Gasteiger partial charge in [0.1, 0.15) is 11.0 Å². The number of hydrogen-bond donors (Lipinski definition) is 0. The monoisotopic (exact) mass is 381 g/mol. The van der Waals surface area contributed by atoms with E-state index in [4.69, 9.17) is 11.6 Å². The maximum atomic E-state index is 13.6. The van der Waals surface area contributed by atoms with E-state index in [2.05, 4.69) is 10.1 Å². The molecule has 1 amide bonds. The van der Waals surface area contributed by atoms with E-state index in [1.807, 2.05) is 31.2 Å². The maximum absolute atomic E-state index is 13.6. The van der Waals surface area contributed by atoms with Crippen LogP contribution in [0.4, 0.5) is 4.39 Å². The molecule has 4 nitrogen and oxygen atoms in total. The first-order valence-electron chi connectivity index (χ1n) is 8.63. The van der Waals surface area contributed by atoms with Crippen molar-refractivity contribution in [1.82, 2.24) is 9.99 Å². The normalized spacial score (nSPS) is 16.7. The fourth-order valence-electron chi connectivity index (χ4n) is 3.46. The Bertz CT molecular complexity index is 1100. The average Bonchev–Trinajstić information content (AvgIpc) is 3.07. The van der Waals surface area contributed by atoms with Crippen molar-refractivity contribution in [2.75, 3.05) is 0 Å². The van der Waals surface area contributed by atoms with Crippen molar-refractivity contribution in [2.45, 2.75) is 26.3 Å². The summed E-state index contributed by atoms with van der Waals surface area (Å²) in [6.45, 7) is 3.44. The molecule has 2 aromatic carbocycles. The second-order valence-electron chi connectivity index (χ2n) is 6.66. The molecular formula is C21H17ClFN3O. The lowest BCUT2D eigenvalue weighted by Crippen LogP contribution is -2.24.